The lowest BCUT2D eigenvalue weighted by molar-refractivity contribution is -0.135. The second-order valence-corrected chi connectivity index (χ2v) is 3.82. The number of primary amides is 1. The summed E-state index contributed by atoms with van der Waals surface area (Å²) in [6.45, 7) is 1.72. The molecule has 0 saturated carbocycles. The Morgan fingerprint density at radius 2 is 2.17 bits per heavy atom. The molecular weight excluding hydrogens is 232 g/mol. The van der Waals surface area contributed by atoms with Gasteiger partial charge in [-0.05, 0) is 30.7 Å². The van der Waals surface area contributed by atoms with E-state index in [4.69, 9.17) is 17.3 Å². The van der Waals surface area contributed by atoms with Gasteiger partial charge >= 0.3 is 5.97 Å². The Bertz CT molecular complexity index is 517. The van der Waals surface area contributed by atoms with Gasteiger partial charge in [-0.2, -0.15) is 0 Å². The number of rotatable bonds is 5. The van der Waals surface area contributed by atoms with Crippen molar-refractivity contribution >= 4 is 17.6 Å². The molecule has 18 heavy (non-hydrogen) atoms. The van der Waals surface area contributed by atoms with Crippen molar-refractivity contribution in [3.05, 3.63) is 29.3 Å². The molecule has 0 aliphatic rings. The molecule has 0 fully saturated rings. The van der Waals surface area contributed by atoms with E-state index in [0.717, 1.165) is 0 Å². The molecule has 0 aliphatic heterocycles. The van der Waals surface area contributed by atoms with Crippen LogP contribution in [0.5, 0.6) is 0 Å². The van der Waals surface area contributed by atoms with Crippen LogP contribution < -0.4 is 10.6 Å². The number of terminal acetylenes is 1. The number of aryl methyl sites for hydroxylation is 1. The van der Waals surface area contributed by atoms with E-state index in [1.165, 1.54) is 4.90 Å². The van der Waals surface area contributed by atoms with Crippen LogP contribution >= 0.6 is 0 Å². The third-order valence-electron chi connectivity index (χ3n) is 2.45. The van der Waals surface area contributed by atoms with Crippen LogP contribution in [0.3, 0.4) is 0 Å². The SMILES string of the molecule is C#CCN(CC(=O)O)c1ccc(C(N)=O)c(C)c1. The fourth-order valence-corrected chi connectivity index (χ4v) is 1.63. The Morgan fingerprint density at radius 1 is 1.50 bits per heavy atom. The standard InChI is InChI=1S/C13H14N2O3/c1-3-6-15(8-12(16)17)10-4-5-11(13(14)18)9(2)7-10/h1,4-5,7H,6,8H2,2H3,(H2,14,18)(H,16,17). The molecular formula is C13H14N2O3. The van der Waals surface area contributed by atoms with Crippen LogP contribution in [0.4, 0.5) is 5.69 Å². The molecule has 5 heteroatoms. The highest BCUT2D eigenvalue weighted by Crippen LogP contribution is 2.18. The quantitative estimate of drug-likeness (QED) is 0.746. The molecule has 1 rings (SSSR count). The fourth-order valence-electron chi connectivity index (χ4n) is 1.63. The van der Waals surface area contributed by atoms with Crippen LogP contribution in [0.25, 0.3) is 0 Å². The smallest absolute Gasteiger partial charge is 0.323 e. The molecule has 5 nitrogen and oxygen atoms in total. The van der Waals surface area contributed by atoms with Gasteiger partial charge in [0.1, 0.15) is 6.54 Å². The van der Waals surface area contributed by atoms with Crippen molar-refractivity contribution in [3.63, 3.8) is 0 Å². The molecule has 1 aromatic rings. The third-order valence-corrected chi connectivity index (χ3v) is 2.45. The summed E-state index contributed by atoms with van der Waals surface area (Å²) in [6, 6.07) is 4.89. The number of nitrogens with zero attached hydrogens (tertiary/aromatic N) is 1. The summed E-state index contributed by atoms with van der Waals surface area (Å²) in [6.07, 6.45) is 5.20. The monoisotopic (exact) mass is 246 g/mol. The Hall–Kier alpha value is -2.48. The highest BCUT2D eigenvalue weighted by molar-refractivity contribution is 5.94. The molecule has 3 N–H and O–H groups in total. The number of nitrogens with two attached hydrogens (primary N) is 1. The van der Waals surface area contributed by atoms with Crippen molar-refractivity contribution in [2.24, 2.45) is 5.73 Å². The topological polar surface area (TPSA) is 83.6 Å². The first kappa shape index (κ1) is 13.6. The zero-order valence-corrected chi connectivity index (χ0v) is 10.0. The largest absolute Gasteiger partial charge is 0.480 e. The van der Waals surface area contributed by atoms with Gasteiger partial charge in [0.05, 0.1) is 6.54 Å². The first-order valence-corrected chi connectivity index (χ1v) is 5.26. The minimum absolute atomic E-state index is 0.182. The molecule has 0 aliphatic carbocycles. The molecule has 0 unspecified atom stereocenters. The van der Waals surface area contributed by atoms with E-state index in [-0.39, 0.29) is 13.1 Å². The van der Waals surface area contributed by atoms with E-state index in [2.05, 4.69) is 5.92 Å². The van der Waals surface area contributed by atoms with Crippen LogP contribution in [-0.4, -0.2) is 30.1 Å². The number of anilines is 1. The molecule has 0 radical (unpaired) electrons. The number of aliphatic carboxylic acids is 1. The predicted molar refractivity (Wildman–Crippen MR) is 68.4 cm³/mol. The highest BCUT2D eigenvalue weighted by atomic mass is 16.4. The van der Waals surface area contributed by atoms with Crippen LogP contribution in [0.15, 0.2) is 18.2 Å². The van der Waals surface area contributed by atoms with Gasteiger partial charge in [-0.1, -0.05) is 5.92 Å². The van der Waals surface area contributed by atoms with E-state index in [1.807, 2.05) is 0 Å². The van der Waals surface area contributed by atoms with E-state index in [0.29, 0.717) is 16.8 Å². The molecule has 94 valence electrons. The van der Waals surface area contributed by atoms with Gasteiger partial charge in [-0.25, -0.2) is 0 Å². The van der Waals surface area contributed by atoms with Crippen molar-refractivity contribution < 1.29 is 14.7 Å². The molecule has 0 aromatic heterocycles. The summed E-state index contributed by atoms with van der Waals surface area (Å²) in [5.41, 5.74) is 6.95. The predicted octanol–water partition coefficient (Wildman–Crippen LogP) is 0.618. The average molecular weight is 246 g/mol. The average Bonchev–Trinajstić information content (AvgIpc) is 2.27. The number of carboxylic acids is 1. The zero-order chi connectivity index (χ0) is 13.7. The van der Waals surface area contributed by atoms with Gasteiger partial charge < -0.3 is 15.7 Å². The molecule has 0 saturated heterocycles. The number of amides is 1. The van der Waals surface area contributed by atoms with Crippen molar-refractivity contribution in [3.8, 4) is 12.3 Å². The van der Waals surface area contributed by atoms with E-state index < -0.39 is 11.9 Å². The van der Waals surface area contributed by atoms with Crippen LogP contribution in [-0.2, 0) is 4.79 Å². The number of hydrogen-bond acceptors (Lipinski definition) is 3. The second kappa shape index (κ2) is 5.73. The Morgan fingerprint density at radius 3 is 2.61 bits per heavy atom. The Balaban J connectivity index is 3.07. The number of carboxylic acid groups (broad SMARTS) is 1. The molecule has 1 amide bonds. The first-order chi connectivity index (χ1) is 8.45. The van der Waals surface area contributed by atoms with Crippen LogP contribution in [0.2, 0.25) is 0 Å². The van der Waals surface area contributed by atoms with Gasteiger partial charge in [0.25, 0.3) is 0 Å². The lowest BCUT2D eigenvalue weighted by atomic mass is 10.1. The Kier molecular flexibility index (Phi) is 4.33. The zero-order valence-electron chi connectivity index (χ0n) is 10.0. The van der Waals surface area contributed by atoms with E-state index >= 15 is 0 Å². The van der Waals surface area contributed by atoms with Gasteiger partial charge in [-0.3, -0.25) is 9.59 Å². The van der Waals surface area contributed by atoms with Crippen LogP contribution in [0.1, 0.15) is 15.9 Å². The fraction of sp³-hybridized carbons (Fsp3) is 0.231. The number of carbonyl (C=O) groups is 2. The summed E-state index contributed by atoms with van der Waals surface area (Å²) in [5.74, 6) is 0.916. The Labute approximate surface area is 105 Å². The normalized spacial score (nSPS) is 9.56. The summed E-state index contributed by atoms with van der Waals surface area (Å²) in [5, 5.41) is 8.80. The third kappa shape index (κ3) is 3.25. The van der Waals surface area contributed by atoms with Crippen LogP contribution in [0, 0.1) is 19.3 Å². The molecule has 0 heterocycles. The van der Waals surface area contributed by atoms with E-state index in [9.17, 15) is 9.59 Å². The molecule has 0 spiro atoms. The van der Waals surface area contributed by atoms with Crippen molar-refractivity contribution in [2.45, 2.75) is 6.92 Å². The minimum Gasteiger partial charge on any atom is -0.480 e. The van der Waals surface area contributed by atoms with Gasteiger partial charge in [0.2, 0.25) is 5.91 Å². The van der Waals surface area contributed by atoms with Crippen molar-refractivity contribution in [1.82, 2.24) is 0 Å². The van der Waals surface area contributed by atoms with Crippen molar-refractivity contribution in [2.75, 3.05) is 18.0 Å². The van der Waals surface area contributed by atoms with E-state index in [1.54, 1.807) is 25.1 Å². The maximum absolute atomic E-state index is 11.1. The minimum atomic E-state index is -0.970. The van der Waals surface area contributed by atoms with Gasteiger partial charge in [-0.15, -0.1) is 6.42 Å². The number of benzene rings is 1. The summed E-state index contributed by atoms with van der Waals surface area (Å²) >= 11 is 0. The number of carbonyl (C=O) groups excluding carboxylic acids is 1. The molecule has 1 aromatic carbocycles. The van der Waals surface area contributed by atoms with Crippen molar-refractivity contribution in [1.29, 1.82) is 0 Å². The maximum Gasteiger partial charge on any atom is 0.323 e. The number of hydrogen-bond donors (Lipinski definition) is 2. The first-order valence-electron chi connectivity index (χ1n) is 5.26. The highest BCUT2D eigenvalue weighted by Gasteiger charge is 2.12. The summed E-state index contributed by atoms with van der Waals surface area (Å²) < 4.78 is 0. The lowest BCUT2D eigenvalue weighted by Gasteiger charge is -2.21. The second-order valence-electron chi connectivity index (χ2n) is 3.82. The summed E-state index contributed by atoms with van der Waals surface area (Å²) in [7, 11) is 0. The molecule has 0 atom stereocenters. The summed E-state index contributed by atoms with van der Waals surface area (Å²) in [4.78, 5) is 23.4. The maximum atomic E-state index is 11.1. The van der Waals surface area contributed by atoms with Gasteiger partial charge in [0, 0.05) is 11.3 Å². The van der Waals surface area contributed by atoms with Gasteiger partial charge in [0.15, 0.2) is 0 Å². The lowest BCUT2D eigenvalue weighted by Crippen LogP contribution is -2.30. The molecule has 0 bridgehead atoms.